The lowest BCUT2D eigenvalue weighted by Crippen LogP contribution is -2.35. The third-order valence-electron chi connectivity index (χ3n) is 3.96. The van der Waals surface area contributed by atoms with Crippen molar-refractivity contribution in [1.29, 1.82) is 0 Å². The minimum absolute atomic E-state index is 0.301. The van der Waals surface area contributed by atoms with Gasteiger partial charge in [-0.25, -0.2) is 4.79 Å². The van der Waals surface area contributed by atoms with Crippen LogP contribution in [0.4, 0.5) is 0 Å². The van der Waals surface area contributed by atoms with Gasteiger partial charge in [-0.15, -0.1) is 0 Å². The van der Waals surface area contributed by atoms with Gasteiger partial charge in [0.15, 0.2) is 0 Å². The number of unbranched alkanes of at least 4 members (excludes halogenated alkanes) is 1. The van der Waals surface area contributed by atoms with Gasteiger partial charge in [-0.05, 0) is 43.5 Å². The molecule has 5 nitrogen and oxygen atoms in total. The van der Waals surface area contributed by atoms with E-state index in [4.69, 9.17) is 4.74 Å². The van der Waals surface area contributed by atoms with Crippen LogP contribution in [0.1, 0.15) is 48.5 Å². The zero-order valence-corrected chi connectivity index (χ0v) is 13.0. The molecule has 0 aliphatic carbocycles. The molecule has 1 fully saturated rings. The van der Waals surface area contributed by atoms with Crippen LogP contribution in [0.2, 0.25) is 0 Å². The number of rotatable bonds is 7. The lowest BCUT2D eigenvalue weighted by molar-refractivity contribution is -0.142. The van der Waals surface area contributed by atoms with Gasteiger partial charge in [0.25, 0.3) is 0 Å². The smallest absolute Gasteiger partial charge is 0.338 e. The van der Waals surface area contributed by atoms with Gasteiger partial charge in [-0.2, -0.15) is 0 Å². The number of ether oxygens (including phenoxy) is 1. The topological polar surface area (TPSA) is 66.8 Å². The number of benzene rings is 1. The monoisotopic (exact) mass is 305 g/mol. The van der Waals surface area contributed by atoms with E-state index in [2.05, 4.69) is 0 Å². The molecular formula is C17H23NO4. The lowest BCUT2D eigenvalue weighted by Gasteiger charge is -2.21. The van der Waals surface area contributed by atoms with Gasteiger partial charge >= 0.3 is 11.9 Å². The molecule has 0 radical (unpaired) electrons. The van der Waals surface area contributed by atoms with Crippen molar-refractivity contribution < 1.29 is 19.4 Å². The van der Waals surface area contributed by atoms with Gasteiger partial charge in [0, 0.05) is 6.54 Å². The van der Waals surface area contributed by atoms with Crippen molar-refractivity contribution in [3.8, 4) is 0 Å². The van der Waals surface area contributed by atoms with Crippen LogP contribution in [0.3, 0.4) is 0 Å². The summed E-state index contributed by atoms with van der Waals surface area (Å²) in [7, 11) is 0. The third kappa shape index (κ3) is 4.31. The van der Waals surface area contributed by atoms with E-state index in [-0.39, 0.29) is 5.97 Å². The van der Waals surface area contributed by atoms with E-state index in [1.165, 1.54) is 0 Å². The van der Waals surface area contributed by atoms with Crippen LogP contribution in [0.25, 0.3) is 0 Å². The molecule has 22 heavy (non-hydrogen) atoms. The van der Waals surface area contributed by atoms with E-state index in [1.54, 1.807) is 12.1 Å². The number of carboxylic acids is 1. The highest BCUT2D eigenvalue weighted by Gasteiger charge is 2.30. The first-order chi connectivity index (χ1) is 10.6. The number of hydrogen-bond acceptors (Lipinski definition) is 4. The summed E-state index contributed by atoms with van der Waals surface area (Å²) in [4.78, 5) is 24.9. The molecule has 1 atom stereocenters. The molecule has 0 aromatic heterocycles. The summed E-state index contributed by atoms with van der Waals surface area (Å²) in [6.45, 7) is 3.90. The number of carboxylic acid groups (broad SMARTS) is 1. The Labute approximate surface area is 130 Å². The van der Waals surface area contributed by atoms with Gasteiger partial charge in [-0.1, -0.05) is 25.5 Å². The molecule has 1 aliphatic heterocycles. The van der Waals surface area contributed by atoms with Crippen molar-refractivity contribution >= 4 is 11.9 Å². The summed E-state index contributed by atoms with van der Waals surface area (Å²) in [5, 5.41) is 9.18. The lowest BCUT2D eigenvalue weighted by atomic mass is 10.1. The minimum Gasteiger partial charge on any atom is -0.480 e. The first-order valence-corrected chi connectivity index (χ1v) is 7.84. The van der Waals surface area contributed by atoms with Crippen LogP contribution in [0, 0.1) is 0 Å². The molecule has 1 N–H and O–H groups in total. The number of nitrogens with zero attached hydrogens (tertiary/aromatic N) is 1. The molecule has 0 saturated carbocycles. The van der Waals surface area contributed by atoms with Crippen LogP contribution in [0.15, 0.2) is 24.3 Å². The summed E-state index contributed by atoms with van der Waals surface area (Å²) in [6.07, 6.45) is 3.48. The molecule has 1 aromatic rings. The number of likely N-dealkylation sites (tertiary alicyclic amines) is 1. The maximum atomic E-state index is 11.8. The molecule has 5 heteroatoms. The normalized spacial score (nSPS) is 18.3. The first kappa shape index (κ1) is 16.5. The van der Waals surface area contributed by atoms with E-state index >= 15 is 0 Å². The highest BCUT2D eigenvalue weighted by atomic mass is 16.5. The van der Waals surface area contributed by atoms with Crippen molar-refractivity contribution in [3.05, 3.63) is 35.4 Å². The zero-order chi connectivity index (χ0) is 15.9. The van der Waals surface area contributed by atoms with Gasteiger partial charge in [0.05, 0.1) is 12.2 Å². The number of esters is 1. The average molecular weight is 305 g/mol. The molecule has 0 bridgehead atoms. The van der Waals surface area contributed by atoms with Gasteiger partial charge in [0.2, 0.25) is 0 Å². The summed E-state index contributed by atoms with van der Waals surface area (Å²) < 4.78 is 5.16. The van der Waals surface area contributed by atoms with Crippen LogP contribution < -0.4 is 0 Å². The molecular weight excluding hydrogens is 282 g/mol. The maximum absolute atomic E-state index is 11.8. The van der Waals surface area contributed by atoms with Crippen molar-refractivity contribution in [3.63, 3.8) is 0 Å². The second kappa shape index (κ2) is 7.94. The number of carbonyl (C=O) groups excluding carboxylic acids is 1. The van der Waals surface area contributed by atoms with Crippen LogP contribution >= 0.6 is 0 Å². The van der Waals surface area contributed by atoms with Crippen molar-refractivity contribution in [2.24, 2.45) is 0 Å². The van der Waals surface area contributed by atoms with Crippen LogP contribution in [-0.2, 0) is 16.1 Å². The molecule has 1 unspecified atom stereocenters. The predicted molar refractivity (Wildman–Crippen MR) is 82.7 cm³/mol. The molecule has 1 aliphatic rings. The van der Waals surface area contributed by atoms with E-state index in [9.17, 15) is 14.7 Å². The quantitative estimate of drug-likeness (QED) is 0.619. The number of carbonyl (C=O) groups is 2. The Balaban J connectivity index is 1.91. The summed E-state index contributed by atoms with van der Waals surface area (Å²) >= 11 is 0. The fourth-order valence-corrected chi connectivity index (χ4v) is 2.67. The standard InChI is InChI=1S/C17H23NO4/c1-2-3-11-22-17(21)14-8-6-13(7-9-14)12-18-10-4-5-15(18)16(19)20/h6-9,15H,2-5,10-12H2,1H3,(H,19,20). The van der Waals surface area contributed by atoms with Crippen molar-refractivity contribution in [2.45, 2.75) is 45.2 Å². The second-order valence-corrected chi connectivity index (χ2v) is 5.65. The highest BCUT2D eigenvalue weighted by molar-refractivity contribution is 5.89. The number of aliphatic carboxylic acids is 1. The van der Waals surface area contributed by atoms with E-state index in [0.29, 0.717) is 25.1 Å². The van der Waals surface area contributed by atoms with E-state index in [0.717, 1.165) is 31.4 Å². The van der Waals surface area contributed by atoms with E-state index in [1.807, 2.05) is 24.0 Å². The highest BCUT2D eigenvalue weighted by Crippen LogP contribution is 2.20. The first-order valence-electron chi connectivity index (χ1n) is 7.84. The summed E-state index contributed by atoms with van der Waals surface area (Å²) in [6, 6.07) is 6.84. The van der Waals surface area contributed by atoms with Gasteiger partial charge < -0.3 is 9.84 Å². The predicted octanol–water partition coefficient (Wildman–Crippen LogP) is 2.69. The average Bonchev–Trinajstić information content (AvgIpc) is 2.96. The fraction of sp³-hybridized carbons (Fsp3) is 0.529. The molecule has 1 saturated heterocycles. The molecule has 1 heterocycles. The number of hydrogen-bond donors (Lipinski definition) is 1. The molecule has 120 valence electrons. The van der Waals surface area contributed by atoms with Crippen molar-refractivity contribution in [1.82, 2.24) is 4.90 Å². The Morgan fingerprint density at radius 1 is 1.32 bits per heavy atom. The SMILES string of the molecule is CCCCOC(=O)c1ccc(CN2CCCC2C(=O)O)cc1. The minimum atomic E-state index is -0.756. The van der Waals surface area contributed by atoms with Crippen molar-refractivity contribution in [2.75, 3.05) is 13.2 Å². The van der Waals surface area contributed by atoms with Crippen LogP contribution in [0.5, 0.6) is 0 Å². The van der Waals surface area contributed by atoms with Gasteiger partial charge in [0.1, 0.15) is 6.04 Å². The Kier molecular flexibility index (Phi) is 5.95. The largest absolute Gasteiger partial charge is 0.480 e. The Bertz CT molecular complexity index is 512. The second-order valence-electron chi connectivity index (χ2n) is 5.65. The Hall–Kier alpha value is -1.88. The Morgan fingerprint density at radius 2 is 2.05 bits per heavy atom. The molecule has 0 amide bonds. The third-order valence-corrected chi connectivity index (χ3v) is 3.96. The maximum Gasteiger partial charge on any atom is 0.338 e. The molecule has 0 spiro atoms. The molecule has 2 rings (SSSR count). The van der Waals surface area contributed by atoms with E-state index < -0.39 is 12.0 Å². The van der Waals surface area contributed by atoms with Gasteiger partial charge in [-0.3, -0.25) is 9.69 Å². The van der Waals surface area contributed by atoms with Crippen LogP contribution in [-0.4, -0.2) is 41.1 Å². The summed E-state index contributed by atoms with van der Waals surface area (Å²) in [5.41, 5.74) is 1.55. The zero-order valence-electron chi connectivity index (χ0n) is 13.0. The fourth-order valence-electron chi connectivity index (χ4n) is 2.67. The summed E-state index contributed by atoms with van der Waals surface area (Å²) in [5.74, 6) is -1.06. The Morgan fingerprint density at radius 3 is 2.68 bits per heavy atom. The molecule has 1 aromatic carbocycles.